The Morgan fingerprint density at radius 1 is 1.40 bits per heavy atom. The van der Waals surface area contributed by atoms with Crippen LogP contribution in [0.3, 0.4) is 0 Å². The zero-order chi connectivity index (χ0) is 17.6. The molecule has 2 heterocycles. The third-order valence-corrected chi connectivity index (χ3v) is 5.69. The predicted octanol–water partition coefficient (Wildman–Crippen LogP) is 2.06. The summed E-state index contributed by atoms with van der Waals surface area (Å²) < 4.78 is 6.21. The van der Waals surface area contributed by atoms with Crippen molar-refractivity contribution in [1.82, 2.24) is 15.2 Å². The van der Waals surface area contributed by atoms with Crippen molar-refractivity contribution in [3.8, 4) is 0 Å². The molecule has 130 valence electrons. The predicted molar refractivity (Wildman–Crippen MR) is 90.8 cm³/mol. The van der Waals surface area contributed by atoms with Crippen LogP contribution in [0.25, 0.3) is 10.2 Å². The van der Waals surface area contributed by atoms with E-state index in [1.54, 1.807) is 6.92 Å². The summed E-state index contributed by atoms with van der Waals surface area (Å²) in [5, 5.41) is 3.38. The summed E-state index contributed by atoms with van der Waals surface area (Å²) in [6.45, 7) is 1.37. The molecule has 4 rings (SSSR count). The van der Waals surface area contributed by atoms with E-state index < -0.39 is 17.5 Å². The Morgan fingerprint density at radius 2 is 2.16 bits per heavy atom. The second kappa shape index (κ2) is 5.80. The maximum absolute atomic E-state index is 12.5. The van der Waals surface area contributed by atoms with Crippen LogP contribution in [0.15, 0.2) is 24.3 Å². The molecule has 0 radical (unpaired) electrons. The van der Waals surface area contributed by atoms with Crippen molar-refractivity contribution in [2.75, 3.05) is 6.54 Å². The maximum Gasteiger partial charge on any atom is 0.326 e. The lowest BCUT2D eigenvalue weighted by Crippen LogP contribution is -2.46. The first-order valence-electron chi connectivity index (χ1n) is 8.11. The number of ether oxygens (including phenoxy) is 1. The van der Waals surface area contributed by atoms with Gasteiger partial charge in [0.1, 0.15) is 23.7 Å². The van der Waals surface area contributed by atoms with Gasteiger partial charge in [0.2, 0.25) is 0 Å². The van der Waals surface area contributed by atoms with Crippen LogP contribution in [0.5, 0.6) is 0 Å². The first-order valence-corrected chi connectivity index (χ1v) is 8.93. The van der Waals surface area contributed by atoms with Crippen molar-refractivity contribution in [2.45, 2.75) is 31.9 Å². The zero-order valence-corrected chi connectivity index (χ0v) is 14.5. The van der Waals surface area contributed by atoms with Gasteiger partial charge in [0.15, 0.2) is 0 Å². The molecule has 1 saturated heterocycles. The lowest BCUT2D eigenvalue weighted by Gasteiger charge is -2.20. The molecule has 7 nitrogen and oxygen atoms in total. The van der Waals surface area contributed by atoms with Crippen LogP contribution in [0.4, 0.5) is 4.79 Å². The molecule has 0 unspecified atom stereocenters. The number of thiazole rings is 1. The first kappa shape index (κ1) is 16.0. The highest BCUT2D eigenvalue weighted by Crippen LogP contribution is 2.42. The number of fused-ring (bicyclic) bond motifs is 1. The molecule has 2 aromatic rings. The Kier molecular flexibility index (Phi) is 3.72. The van der Waals surface area contributed by atoms with Crippen molar-refractivity contribution < 1.29 is 19.1 Å². The minimum Gasteiger partial charge on any atom is -0.457 e. The lowest BCUT2D eigenvalue weighted by molar-refractivity contribution is -0.148. The summed E-state index contributed by atoms with van der Waals surface area (Å²) in [6.07, 6.45) is 1.83. The molecule has 1 aromatic carbocycles. The lowest BCUT2D eigenvalue weighted by atomic mass is 9.96. The van der Waals surface area contributed by atoms with E-state index in [0.717, 1.165) is 28.0 Å². The topological polar surface area (TPSA) is 88.6 Å². The number of nitrogens with zero attached hydrogens (tertiary/aromatic N) is 2. The summed E-state index contributed by atoms with van der Waals surface area (Å²) in [5.74, 6) is -0.813. The molecular formula is C17H17N3O4S. The number of esters is 1. The molecule has 1 saturated carbocycles. The number of carbonyl (C=O) groups is 3. The largest absolute Gasteiger partial charge is 0.457 e. The van der Waals surface area contributed by atoms with E-state index in [9.17, 15) is 14.4 Å². The SMILES string of the molecule is C[C@@]1(C2CC2)NC(=O)N(CC(=O)OCc2nc3ccccc3s2)C1=O. The van der Waals surface area contributed by atoms with E-state index in [1.807, 2.05) is 24.3 Å². The molecule has 25 heavy (non-hydrogen) atoms. The second-order valence-electron chi connectivity index (χ2n) is 6.53. The van der Waals surface area contributed by atoms with Crippen LogP contribution < -0.4 is 5.32 Å². The smallest absolute Gasteiger partial charge is 0.326 e. The summed E-state index contributed by atoms with van der Waals surface area (Å²) >= 11 is 1.45. The molecule has 1 N–H and O–H groups in total. The Bertz CT molecular complexity index is 843. The van der Waals surface area contributed by atoms with Gasteiger partial charge in [-0.05, 0) is 37.8 Å². The highest BCUT2D eigenvalue weighted by atomic mass is 32.1. The number of urea groups is 1. The van der Waals surface area contributed by atoms with E-state index in [0.29, 0.717) is 5.01 Å². The molecule has 2 aliphatic rings. The number of amides is 3. The third kappa shape index (κ3) is 2.86. The molecule has 1 aromatic heterocycles. The van der Waals surface area contributed by atoms with Gasteiger partial charge in [-0.15, -0.1) is 11.3 Å². The molecule has 8 heteroatoms. The number of para-hydroxylation sites is 1. The van der Waals surface area contributed by atoms with Gasteiger partial charge in [-0.1, -0.05) is 12.1 Å². The Balaban J connectivity index is 1.37. The van der Waals surface area contributed by atoms with Crippen LogP contribution in [0.2, 0.25) is 0 Å². The molecule has 0 bridgehead atoms. The first-order chi connectivity index (χ1) is 12.0. The van der Waals surface area contributed by atoms with E-state index in [2.05, 4.69) is 10.3 Å². The molecule has 1 aliphatic carbocycles. The number of imide groups is 1. The molecule has 1 aliphatic heterocycles. The number of aromatic nitrogens is 1. The zero-order valence-electron chi connectivity index (χ0n) is 13.7. The minimum atomic E-state index is -0.885. The van der Waals surface area contributed by atoms with Crippen LogP contribution >= 0.6 is 11.3 Å². The number of nitrogens with one attached hydrogen (secondary N) is 1. The van der Waals surface area contributed by atoms with Crippen LogP contribution in [-0.4, -0.2) is 39.9 Å². The standard InChI is InChI=1S/C17H17N3O4S/c1-17(10-6-7-10)15(22)20(16(23)19-17)8-14(21)24-9-13-18-11-4-2-3-5-12(11)25-13/h2-5,10H,6-9H2,1H3,(H,19,23)/t17-/m0/s1. The highest BCUT2D eigenvalue weighted by molar-refractivity contribution is 7.18. The number of carbonyl (C=O) groups excluding carboxylic acids is 3. The summed E-state index contributed by atoms with van der Waals surface area (Å²) in [7, 11) is 0. The number of hydrogen-bond acceptors (Lipinski definition) is 6. The van der Waals surface area contributed by atoms with Crippen LogP contribution in [0.1, 0.15) is 24.8 Å². The van der Waals surface area contributed by atoms with Gasteiger partial charge in [0.05, 0.1) is 10.2 Å². The Morgan fingerprint density at radius 3 is 2.88 bits per heavy atom. The quantitative estimate of drug-likeness (QED) is 0.652. The normalized spacial score (nSPS) is 23.2. The van der Waals surface area contributed by atoms with Gasteiger partial charge in [-0.2, -0.15) is 0 Å². The van der Waals surface area contributed by atoms with Gasteiger partial charge in [-0.3, -0.25) is 14.5 Å². The fourth-order valence-electron chi connectivity index (χ4n) is 3.10. The van der Waals surface area contributed by atoms with Gasteiger partial charge in [0, 0.05) is 0 Å². The minimum absolute atomic E-state index is 0.0295. The average Bonchev–Trinajstić information content (AvgIpc) is 3.33. The molecule has 1 atom stereocenters. The van der Waals surface area contributed by atoms with E-state index >= 15 is 0 Å². The summed E-state index contributed by atoms with van der Waals surface area (Å²) in [4.78, 5) is 41.9. The monoisotopic (exact) mass is 359 g/mol. The van der Waals surface area contributed by atoms with E-state index in [-0.39, 0.29) is 25.0 Å². The molecule has 3 amide bonds. The number of rotatable bonds is 5. The Labute approximate surface area is 148 Å². The van der Waals surface area contributed by atoms with E-state index in [1.165, 1.54) is 11.3 Å². The van der Waals surface area contributed by atoms with Crippen molar-refractivity contribution >= 4 is 39.5 Å². The van der Waals surface area contributed by atoms with E-state index in [4.69, 9.17) is 4.74 Å². The van der Waals surface area contributed by atoms with Crippen molar-refractivity contribution in [1.29, 1.82) is 0 Å². The van der Waals surface area contributed by atoms with Crippen LogP contribution in [0, 0.1) is 5.92 Å². The molecular weight excluding hydrogens is 342 g/mol. The Hall–Kier alpha value is -2.48. The summed E-state index contributed by atoms with van der Waals surface area (Å²) in [6, 6.07) is 7.13. The van der Waals surface area contributed by atoms with Gasteiger partial charge in [-0.25, -0.2) is 9.78 Å². The number of benzene rings is 1. The third-order valence-electron chi connectivity index (χ3n) is 4.68. The van der Waals surface area contributed by atoms with Gasteiger partial charge < -0.3 is 10.1 Å². The van der Waals surface area contributed by atoms with Crippen LogP contribution in [-0.2, 0) is 20.9 Å². The average molecular weight is 359 g/mol. The number of hydrogen-bond donors (Lipinski definition) is 1. The van der Waals surface area contributed by atoms with Crippen molar-refractivity contribution in [3.63, 3.8) is 0 Å². The second-order valence-corrected chi connectivity index (χ2v) is 7.65. The highest BCUT2D eigenvalue weighted by Gasteiger charge is 2.56. The van der Waals surface area contributed by atoms with Gasteiger partial charge >= 0.3 is 12.0 Å². The molecule has 2 fully saturated rings. The van der Waals surface area contributed by atoms with Crippen molar-refractivity contribution in [2.24, 2.45) is 5.92 Å². The molecule has 0 spiro atoms. The maximum atomic E-state index is 12.5. The fourth-order valence-corrected chi connectivity index (χ4v) is 3.98. The van der Waals surface area contributed by atoms with Crippen molar-refractivity contribution in [3.05, 3.63) is 29.3 Å². The fraction of sp³-hybridized carbons (Fsp3) is 0.412. The summed E-state index contributed by atoms with van der Waals surface area (Å²) in [5.41, 5.74) is -0.0300. The van der Waals surface area contributed by atoms with Gasteiger partial charge in [0.25, 0.3) is 5.91 Å².